The molecule has 0 saturated carbocycles. The Morgan fingerprint density at radius 3 is 1.76 bits per heavy atom. The van der Waals surface area contributed by atoms with Crippen molar-refractivity contribution in [3.63, 3.8) is 0 Å². The lowest BCUT2D eigenvalue weighted by Crippen LogP contribution is -2.50. The van der Waals surface area contributed by atoms with Gasteiger partial charge in [0.05, 0.1) is 25.9 Å². The fraction of sp³-hybridized carbons (Fsp3) is 0.457. The number of hydrogen-bond donors (Lipinski definition) is 3. The van der Waals surface area contributed by atoms with Gasteiger partial charge >= 0.3 is 13.7 Å². The maximum Gasteiger partial charge on any atom is 0.407 e. The lowest BCUT2D eigenvalue weighted by atomic mass is 9.93. The van der Waals surface area contributed by atoms with Crippen LogP contribution in [0, 0.1) is 5.92 Å². The van der Waals surface area contributed by atoms with Crippen molar-refractivity contribution in [3.8, 4) is 0 Å². The molecular formula is C35H49N2O7P. The van der Waals surface area contributed by atoms with Crippen LogP contribution in [0.3, 0.4) is 0 Å². The van der Waals surface area contributed by atoms with E-state index >= 15 is 0 Å². The first kappa shape index (κ1) is 36.4. The summed E-state index contributed by atoms with van der Waals surface area (Å²) in [7, 11) is -3.61. The van der Waals surface area contributed by atoms with Gasteiger partial charge in [-0.05, 0) is 57.7 Å². The molecule has 0 unspecified atom stereocenters. The Bertz CT molecular complexity index is 1270. The van der Waals surface area contributed by atoms with Crippen LogP contribution in [-0.2, 0) is 42.7 Å². The van der Waals surface area contributed by atoms with Crippen molar-refractivity contribution < 1.29 is 33.0 Å². The van der Waals surface area contributed by atoms with Gasteiger partial charge in [0.25, 0.3) is 0 Å². The van der Waals surface area contributed by atoms with Gasteiger partial charge in [0.2, 0.25) is 0 Å². The minimum atomic E-state index is -3.61. The minimum absolute atomic E-state index is 0.129. The number of carbonyl (C=O) groups excluding carboxylic acids is 1. The zero-order chi connectivity index (χ0) is 32.8. The van der Waals surface area contributed by atoms with Crippen molar-refractivity contribution in [1.29, 1.82) is 0 Å². The highest BCUT2D eigenvalue weighted by atomic mass is 31.2. The second-order valence-electron chi connectivity index (χ2n) is 12.8. The van der Waals surface area contributed by atoms with Crippen molar-refractivity contribution >= 4 is 13.7 Å². The number of nitrogens with one attached hydrogen (secondary N) is 2. The van der Waals surface area contributed by atoms with E-state index in [1.807, 2.05) is 105 Å². The summed E-state index contributed by atoms with van der Waals surface area (Å²) in [4.78, 5) is 12.3. The van der Waals surface area contributed by atoms with Crippen LogP contribution in [0.4, 0.5) is 4.79 Å². The molecule has 1 amide bonds. The molecule has 3 aromatic rings. The predicted octanol–water partition coefficient (Wildman–Crippen LogP) is 6.70. The summed E-state index contributed by atoms with van der Waals surface area (Å²) < 4.78 is 36.7. The summed E-state index contributed by atoms with van der Waals surface area (Å²) in [6.07, 6.45) is -0.967. The number of alkyl carbamates (subject to hydrolysis) is 1. The summed E-state index contributed by atoms with van der Waals surface area (Å²) in [5.41, 5.74) is 1.61. The monoisotopic (exact) mass is 640 g/mol. The first-order valence-electron chi connectivity index (χ1n) is 15.3. The lowest BCUT2D eigenvalue weighted by Gasteiger charge is -2.31. The molecule has 45 heavy (non-hydrogen) atoms. The number of rotatable bonds is 18. The van der Waals surface area contributed by atoms with Crippen LogP contribution < -0.4 is 10.6 Å². The van der Waals surface area contributed by atoms with Crippen LogP contribution in [0.15, 0.2) is 91.0 Å². The number of carbonyl (C=O) groups is 1. The van der Waals surface area contributed by atoms with E-state index in [-0.39, 0.29) is 45.2 Å². The van der Waals surface area contributed by atoms with Gasteiger partial charge in [-0.15, -0.1) is 0 Å². The van der Waals surface area contributed by atoms with Gasteiger partial charge in [0.1, 0.15) is 11.9 Å². The highest BCUT2D eigenvalue weighted by Gasteiger charge is 2.29. The summed E-state index contributed by atoms with van der Waals surface area (Å²) in [6, 6.07) is 28.8. The zero-order valence-corrected chi connectivity index (χ0v) is 28.0. The number of amides is 1. The van der Waals surface area contributed by atoms with Crippen LogP contribution in [0.5, 0.6) is 0 Å². The van der Waals surface area contributed by atoms with Gasteiger partial charge in [0.15, 0.2) is 0 Å². The van der Waals surface area contributed by atoms with Crippen molar-refractivity contribution in [2.45, 2.75) is 71.5 Å². The van der Waals surface area contributed by atoms with Gasteiger partial charge in [-0.25, -0.2) is 4.79 Å². The van der Waals surface area contributed by atoms with Crippen LogP contribution in [0.25, 0.3) is 0 Å². The van der Waals surface area contributed by atoms with Crippen molar-refractivity contribution in [1.82, 2.24) is 10.6 Å². The largest absolute Gasteiger partial charge is 0.444 e. The molecule has 0 aliphatic rings. The molecule has 10 heteroatoms. The summed E-state index contributed by atoms with van der Waals surface area (Å²) in [5.74, 6) is -0.276. The molecule has 0 bridgehead atoms. The molecule has 3 N–H and O–H groups in total. The number of hydrogen-bond acceptors (Lipinski definition) is 8. The second-order valence-corrected chi connectivity index (χ2v) is 14.8. The van der Waals surface area contributed by atoms with Crippen LogP contribution in [0.1, 0.15) is 51.3 Å². The third-order valence-electron chi connectivity index (χ3n) is 6.84. The molecule has 0 aliphatic heterocycles. The molecule has 3 rings (SSSR count). The summed E-state index contributed by atoms with van der Waals surface area (Å²) in [6.45, 7) is 10.2. The minimum Gasteiger partial charge on any atom is -0.444 e. The number of β-amino-alcohol motifs (C(OH)–C–C–N with tert-alkyl or cyclic N) is 1. The van der Waals surface area contributed by atoms with Gasteiger partial charge in [-0.1, -0.05) is 91.0 Å². The molecule has 3 aromatic carbocycles. The fourth-order valence-corrected chi connectivity index (χ4v) is 5.64. The van der Waals surface area contributed by atoms with E-state index < -0.39 is 30.9 Å². The second kappa shape index (κ2) is 17.6. The van der Waals surface area contributed by atoms with E-state index in [2.05, 4.69) is 10.6 Å². The first-order valence-corrected chi connectivity index (χ1v) is 17.0. The van der Waals surface area contributed by atoms with Crippen LogP contribution >= 0.6 is 7.60 Å². The maximum absolute atomic E-state index is 13.7. The van der Waals surface area contributed by atoms with Gasteiger partial charge < -0.3 is 34.3 Å². The summed E-state index contributed by atoms with van der Waals surface area (Å²) >= 11 is 0. The Hall–Kier alpha value is -3.04. The van der Waals surface area contributed by atoms with Gasteiger partial charge in [-0.2, -0.15) is 0 Å². The van der Waals surface area contributed by atoms with Crippen LogP contribution in [-0.4, -0.2) is 54.5 Å². The predicted molar refractivity (Wildman–Crippen MR) is 177 cm³/mol. The normalized spacial score (nSPS) is 13.6. The Balaban J connectivity index is 1.56. The maximum atomic E-state index is 13.7. The molecule has 246 valence electrons. The quantitative estimate of drug-likeness (QED) is 0.132. The highest BCUT2D eigenvalue weighted by Crippen LogP contribution is 2.49. The standard InChI is InChI=1S/C35H49N2O7P/c1-34(2,3)44-33(39)36-22-31(21-28-15-9-6-10-16-28)32(38)23-37-35(4,5)26-41-27-45(40,42-24-29-17-11-7-12-18-29)43-25-30-19-13-8-14-20-30/h6-20,31-32,37-38H,21-27H2,1-5H3,(H,36,39)/t31-,32-/m1/s1. The average Bonchev–Trinajstić information content (AvgIpc) is 3.01. The molecule has 0 saturated heterocycles. The van der Waals surface area contributed by atoms with E-state index in [1.165, 1.54) is 0 Å². The molecule has 0 fully saturated rings. The third kappa shape index (κ3) is 14.7. The van der Waals surface area contributed by atoms with E-state index in [9.17, 15) is 14.5 Å². The Labute approximate surface area is 268 Å². The Morgan fingerprint density at radius 1 is 0.778 bits per heavy atom. The molecule has 0 spiro atoms. The molecule has 0 heterocycles. The molecule has 2 atom stereocenters. The van der Waals surface area contributed by atoms with Crippen LogP contribution in [0.2, 0.25) is 0 Å². The van der Waals surface area contributed by atoms with Crippen molar-refractivity contribution in [2.24, 2.45) is 5.92 Å². The molecular weight excluding hydrogens is 591 g/mol. The Morgan fingerprint density at radius 2 is 1.27 bits per heavy atom. The van der Waals surface area contributed by atoms with E-state index in [0.717, 1.165) is 16.7 Å². The zero-order valence-electron chi connectivity index (χ0n) is 27.1. The highest BCUT2D eigenvalue weighted by molar-refractivity contribution is 7.53. The number of benzene rings is 3. The SMILES string of the molecule is CC(C)(COCP(=O)(OCc1ccccc1)OCc1ccccc1)NC[C@@H](O)[C@@H](CNC(=O)OC(C)(C)C)Cc1ccccc1. The molecule has 0 aliphatic carbocycles. The number of aliphatic hydroxyl groups is 1. The van der Waals surface area contributed by atoms with Crippen molar-refractivity contribution in [3.05, 3.63) is 108 Å². The molecule has 9 nitrogen and oxygen atoms in total. The van der Waals surface area contributed by atoms with E-state index in [0.29, 0.717) is 6.42 Å². The average molecular weight is 641 g/mol. The Kier molecular flexibility index (Phi) is 14.2. The van der Waals surface area contributed by atoms with Crippen molar-refractivity contribution in [2.75, 3.05) is 26.0 Å². The smallest absolute Gasteiger partial charge is 0.407 e. The first-order chi connectivity index (χ1) is 21.3. The molecule has 0 radical (unpaired) electrons. The fourth-order valence-electron chi connectivity index (χ4n) is 4.41. The van der Waals surface area contributed by atoms with E-state index in [1.54, 1.807) is 20.8 Å². The lowest BCUT2D eigenvalue weighted by molar-refractivity contribution is 0.0459. The molecule has 0 aromatic heterocycles. The summed E-state index contributed by atoms with van der Waals surface area (Å²) in [5, 5.41) is 17.4. The van der Waals surface area contributed by atoms with E-state index in [4.69, 9.17) is 18.5 Å². The van der Waals surface area contributed by atoms with Gasteiger partial charge in [-0.3, -0.25) is 4.57 Å². The topological polar surface area (TPSA) is 115 Å². The number of aliphatic hydroxyl groups excluding tert-OH is 1. The number of ether oxygens (including phenoxy) is 2. The van der Waals surface area contributed by atoms with Gasteiger partial charge in [0, 0.05) is 24.5 Å². The third-order valence-corrected chi connectivity index (χ3v) is 8.38.